The zero-order valence-corrected chi connectivity index (χ0v) is 19.0. The Morgan fingerprint density at radius 3 is 1.83 bits per heavy atom. The van der Waals surface area contributed by atoms with Crippen molar-refractivity contribution in [1.82, 2.24) is 9.97 Å². The zero-order chi connectivity index (χ0) is 17.8. The summed E-state index contributed by atoms with van der Waals surface area (Å²) >= 11 is -0.880. The number of nitrogens with zero attached hydrogens (tertiary/aromatic N) is 2. The first kappa shape index (κ1) is 21.5. The van der Waals surface area contributed by atoms with E-state index in [0.717, 1.165) is 0 Å². The van der Waals surface area contributed by atoms with Crippen LogP contribution < -0.4 is 13.2 Å². The third-order valence-corrected chi connectivity index (χ3v) is 9.61. The normalized spacial score (nSPS) is 11.5. The van der Waals surface area contributed by atoms with Crippen molar-refractivity contribution < 1.29 is 9.47 Å². The van der Waals surface area contributed by atoms with E-state index in [2.05, 4.69) is 30.7 Å². The molecule has 0 amide bonds. The molecule has 1 heterocycles. The molecule has 0 aromatic carbocycles. The molecule has 2 radical (unpaired) electrons. The molecule has 5 heteroatoms. The Bertz CT molecular complexity index is 425. The van der Waals surface area contributed by atoms with Crippen LogP contribution >= 0.6 is 0 Å². The monoisotopic (exact) mass is 442 g/mol. The van der Waals surface area contributed by atoms with Crippen molar-refractivity contribution in [3.63, 3.8) is 0 Å². The Morgan fingerprint density at radius 2 is 1.42 bits per heavy atom. The summed E-state index contributed by atoms with van der Waals surface area (Å²) in [5, 5.41) is 0. The SMILES string of the molecule is CCCC[C](CCCC)(CCCC)[Sn][c]1cc(OC)nc(OC)n1. The number of hydrogen-bond donors (Lipinski definition) is 0. The van der Waals surface area contributed by atoms with E-state index in [1.807, 2.05) is 6.07 Å². The summed E-state index contributed by atoms with van der Waals surface area (Å²) in [6.45, 7) is 6.89. The van der Waals surface area contributed by atoms with Crippen LogP contribution in [0.1, 0.15) is 78.6 Å². The van der Waals surface area contributed by atoms with E-state index >= 15 is 0 Å². The molecule has 0 unspecified atom stereocenters. The van der Waals surface area contributed by atoms with Gasteiger partial charge >= 0.3 is 158 Å². The minimum absolute atomic E-state index is 0.445. The minimum atomic E-state index is -0.880. The first-order chi connectivity index (χ1) is 11.6. The van der Waals surface area contributed by atoms with Crippen LogP contribution in [0, 0.1) is 0 Å². The fourth-order valence-electron chi connectivity index (χ4n) is 3.04. The van der Waals surface area contributed by atoms with Crippen LogP contribution in [0.5, 0.6) is 11.9 Å². The summed E-state index contributed by atoms with van der Waals surface area (Å²) in [7, 11) is 3.29. The average Bonchev–Trinajstić information content (AvgIpc) is 2.62. The van der Waals surface area contributed by atoms with E-state index in [1.165, 1.54) is 61.5 Å². The maximum absolute atomic E-state index is 5.35. The molecule has 0 saturated carbocycles. The van der Waals surface area contributed by atoms with Gasteiger partial charge in [0.15, 0.2) is 0 Å². The van der Waals surface area contributed by atoms with Gasteiger partial charge < -0.3 is 0 Å². The van der Waals surface area contributed by atoms with Crippen molar-refractivity contribution in [2.24, 2.45) is 0 Å². The summed E-state index contributed by atoms with van der Waals surface area (Å²) in [6, 6.07) is 2.49. The van der Waals surface area contributed by atoms with Crippen LogP contribution in [-0.4, -0.2) is 45.3 Å². The van der Waals surface area contributed by atoms with Crippen molar-refractivity contribution in [3.8, 4) is 11.9 Å². The van der Waals surface area contributed by atoms with Gasteiger partial charge in [0.2, 0.25) is 0 Å². The topological polar surface area (TPSA) is 44.2 Å². The molecule has 1 rings (SSSR count). The Kier molecular flexibility index (Phi) is 10.7. The summed E-state index contributed by atoms with van der Waals surface area (Å²) in [6.07, 6.45) is 11.9. The standard InChI is InChI=1S/C13H27.C6H7N2O2.Sn/c1-4-7-10-13(11-8-5-2)12-9-6-3;1-9-5-3-4-7-6(8-5)10-2;/h4-12H2,1-3H3;3H,1-2H3;. The van der Waals surface area contributed by atoms with Crippen LogP contribution in [0.15, 0.2) is 6.07 Å². The predicted molar refractivity (Wildman–Crippen MR) is 102 cm³/mol. The summed E-state index contributed by atoms with van der Waals surface area (Å²) in [5.74, 6) is 0.633. The van der Waals surface area contributed by atoms with Crippen LogP contribution in [0.2, 0.25) is 3.43 Å². The summed E-state index contributed by atoms with van der Waals surface area (Å²) in [5.41, 5.74) is 0. The fourth-order valence-corrected chi connectivity index (χ4v) is 8.17. The third kappa shape index (κ3) is 7.16. The molecule has 0 bridgehead atoms. The van der Waals surface area contributed by atoms with E-state index < -0.39 is 21.1 Å². The Hall–Kier alpha value is -0.521. The van der Waals surface area contributed by atoms with Crippen molar-refractivity contribution in [2.75, 3.05) is 14.2 Å². The van der Waals surface area contributed by atoms with Gasteiger partial charge in [-0.3, -0.25) is 0 Å². The number of ether oxygens (including phenoxy) is 2. The van der Waals surface area contributed by atoms with E-state index in [0.29, 0.717) is 15.3 Å². The number of methoxy groups -OCH3 is 2. The van der Waals surface area contributed by atoms with Crippen LogP contribution in [-0.2, 0) is 0 Å². The van der Waals surface area contributed by atoms with Crippen molar-refractivity contribution in [1.29, 1.82) is 0 Å². The number of hydrogen-bond acceptors (Lipinski definition) is 4. The molecule has 24 heavy (non-hydrogen) atoms. The van der Waals surface area contributed by atoms with Gasteiger partial charge in [0.05, 0.1) is 0 Å². The van der Waals surface area contributed by atoms with Crippen molar-refractivity contribution in [2.45, 2.75) is 82.0 Å². The first-order valence-electron chi connectivity index (χ1n) is 9.38. The van der Waals surface area contributed by atoms with Gasteiger partial charge in [-0.2, -0.15) is 0 Å². The van der Waals surface area contributed by atoms with Gasteiger partial charge in [-0.15, -0.1) is 0 Å². The fraction of sp³-hybridized carbons (Fsp3) is 0.789. The van der Waals surface area contributed by atoms with Gasteiger partial charge in [0, 0.05) is 0 Å². The second-order valence-corrected chi connectivity index (χ2v) is 11.7. The molecule has 0 N–H and O–H groups in total. The number of rotatable bonds is 13. The summed E-state index contributed by atoms with van der Waals surface area (Å²) in [4.78, 5) is 8.93. The number of unbranched alkanes of at least 4 members (excludes halogenated alkanes) is 3. The van der Waals surface area contributed by atoms with Crippen molar-refractivity contribution >= 4 is 24.9 Å². The molecule has 0 fully saturated rings. The molecule has 0 aliphatic rings. The molecule has 1 aromatic rings. The Morgan fingerprint density at radius 1 is 0.875 bits per heavy atom. The molecule has 1 aromatic heterocycles. The molecule has 0 spiro atoms. The van der Waals surface area contributed by atoms with E-state index in [9.17, 15) is 0 Å². The molecule has 136 valence electrons. The maximum atomic E-state index is 5.35. The van der Waals surface area contributed by atoms with E-state index in [1.54, 1.807) is 14.2 Å². The summed E-state index contributed by atoms with van der Waals surface area (Å²) < 4.78 is 12.4. The molecule has 0 aliphatic carbocycles. The second kappa shape index (κ2) is 11.9. The molecule has 0 aliphatic heterocycles. The van der Waals surface area contributed by atoms with Gasteiger partial charge in [-0.1, -0.05) is 0 Å². The molecule has 0 saturated heterocycles. The second-order valence-electron chi connectivity index (χ2n) is 6.50. The average molecular weight is 441 g/mol. The molecular formula is C19H34N2O2Sn. The van der Waals surface area contributed by atoms with Crippen LogP contribution in [0.4, 0.5) is 0 Å². The first-order valence-corrected chi connectivity index (χ1v) is 12.2. The Labute approximate surface area is 158 Å². The third-order valence-electron chi connectivity index (χ3n) is 4.49. The molecule has 0 atom stereocenters. The van der Waals surface area contributed by atoms with Crippen LogP contribution in [0.25, 0.3) is 0 Å². The van der Waals surface area contributed by atoms with Gasteiger partial charge in [0.1, 0.15) is 0 Å². The van der Waals surface area contributed by atoms with Gasteiger partial charge in [-0.05, 0) is 0 Å². The number of aromatic nitrogens is 2. The van der Waals surface area contributed by atoms with Crippen molar-refractivity contribution in [3.05, 3.63) is 6.07 Å². The zero-order valence-electron chi connectivity index (χ0n) is 16.2. The van der Waals surface area contributed by atoms with Gasteiger partial charge in [0.25, 0.3) is 0 Å². The van der Waals surface area contributed by atoms with E-state index in [4.69, 9.17) is 9.47 Å². The molecule has 4 nitrogen and oxygen atoms in total. The predicted octanol–water partition coefficient (Wildman–Crippen LogP) is 4.55. The Balaban J connectivity index is 3.07. The molecular weight excluding hydrogens is 407 g/mol. The van der Waals surface area contributed by atoms with E-state index in [-0.39, 0.29) is 0 Å². The van der Waals surface area contributed by atoms with Gasteiger partial charge in [-0.25, -0.2) is 0 Å². The quantitative estimate of drug-likeness (QED) is 0.422. The van der Waals surface area contributed by atoms with Crippen LogP contribution in [0.3, 0.4) is 0 Å².